The molecule has 1 unspecified atom stereocenters. The van der Waals surface area contributed by atoms with Crippen LogP contribution < -0.4 is 5.32 Å². The molecule has 0 amide bonds. The van der Waals surface area contributed by atoms with E-state index < -0.39 is 0 Å². The van der Waals surface area contributed by atoms with Crippen molar-refractivity contribution in [3.8, 4) is 0 Å². The fourth-order valence-corrected chi connectivity index (χ4v) is 2.66. The molecule has 0 radical (unpaired) electrons. The third-order valence-electron chi connectivity index (χ3n) is 3.95. The number of hydrogen-bond donors (Lipinski definition) is 1. The van der Waals surface area contributed by atoms with Gasteiger partial charge in [-0.05, 0) is 18.3 Å². The van der Waals surface area contributed by atoms with Gasteiger partial charge < -0.3 is 9.88 Å². The third kappa shape index (κ3) is 2.46. The van der Waals surface area contributed by atoms with Crippen LogP contribution in [0.5, 0.6) is 0 Å². The van der Waals surface area contributed by atoms with Gasteiger partial charge in [-0.15, -0.1) is 0 Å². The molecule has 1 fully saturated rings. The minimum Gasteiger partial charge on any atom is -0.337 e. The Morgan fingerprint density at radius 1 is 1.50 bits per heavy atom. The van der Waals surface area contributed by atoms with Gasteiger partial charge in [0.2, 0.25) is 0 Å². The second kappa shape index (κ2) is 4.58. The van der Waals surface area contributed by atoms with Crippen molar-refractivity contribution in [1.29, 1.82) is 0 Å². The van der Waals surface area contributed by atoms with Crippen LogP contribution in [0.4, 0.5) is 0 Å². The second-order valence-corrected chi connectivity index (χ2v) is 5.66. The number of nitrogens with zero attached hydrogens (tertiary/aromatic N) is 2. The lowest BCUT2D eigenvalue weighted by Crippen LogP contribution is -2.43. The summed E-state index contributed by atoms with van der Waals surface area (Å²) in [6.45, 7) is 5.70. The van der Waals surface area contributed by atoms with E-state index in [0.717, 1.165) is 6.54 Å². The zero-order valence-corrected chi connectivity index (χ0v) is 10.7. The van der Waals surface area contributed by atoms with Gasteiger partial charge in [0, 0.05) is 25.8 Å². The Morgan fingerprint density at radius 2 is 2.31 bits per heavy atom. The zero-order chi connectivity index (χ0) is 11.6. The smallest absolute Gasteiger partial charge is 0.0945 e. The maximum atomic E-state index is 4.14. The molecule has 1 aliphatic carbocycles. The fourth-order valence-electron chi connectivity index (χ4n) is 2.66. The lowest BCUT2D eigenvalue weighted by molar-refractivity contribution is 0.166. The van der Waals surface area contributed by atoms with Gasteiger partial charge in [-0.2, -0.15) is 0 Å². The Kier molecular flexibility index (Phi) is 3.33. The quantitative estimate of drug-likeness (QED) is 0.850. The van der Waals surface area contributed by atoms with E-state index in [1.54, 1.807) is 0 Å². The summed E-state index contributed by atoms with van der Waals surface area (Å²) >= 11 is 0. The first-order valence-corrected chi connectivity index (χ1v) is 6.28. The molecule has 90 valence electrons. The van der Waals surface area contributed by atoms with E-state index in [9.17, 15) is 0 Å². The van der Waals surface area contributed by atoms with Crippen LogP contribution in [-0.2, 0) is 13.6 Å². The molecule has 1 heterocycles. The molecule has 0 saturated heterocycles. The number of aromatic nitrogens is 2. The van der Waals surface area contributed by atoms with E-state index in [-0.39, 0.29) is 0 Å². The molecule has 1 saturated carbocycles. The van der Waals surface area contributed by atoms with Gasteiger partial charge in [0.15, 0.2) is 0 Å². The Hall–Kier alpha value is -0.830. The molecule has 0 aliphatic heterocycles. The highest BCUT2D eigenvalue weighted by Gasteiger charge is 2.31. The van der Waals surface area contributed by atoms with Crippen LogP contribution in [0.25, 0.3) is 0 Å². The van der Waals surface area contributed by atoms with E-state index in [2.05, 4.69) is 35.8 Å². The van der Waals surface area contributed by atoms with Crippen molar-refractivity contribution in [3.05, 3.63) is 18.2 Å². The first-order valence-electron chi connectivity index (χ1n) is 6.28. The number of nitrogens with one attached hydrogen (secondary N) is 1. The largest absolute Gasteiger partial charge is 0.337 e. The average molecular weight is 221 g/mol. The topological polar surface area (TPSA) is 29.9 Å². The summed E-state index contributed by atoms with van der Waals surface area (Å²) in [5.74, 6) is 0. The summed E-state index contributed by atoms with van der Waals surface area (Å²) in [4.78, 5) is 4.14. The van der Waals surface area contributed by atoms with Gasteiger partial charge in [-0.3, -0.25) is 0 Å². The van der Waals surface area contributed by atoms with Gasteiger partial charge in [0.05, 0.1) is 12.0 Å². The summed E-state index contributed by atoms with van der Waals surface area (Å²) in [5, 5.41) is 3.69. The molecule has 3 heteroatoms. The Bertz CT molecular complexity index is 341. The van der Waals surface area contributed by atoms with E-state index in [1.807, 2.05) is 12.5 Å². The van der Waals surface area contributed by atoms with E-state index in [4.69, 9.17) is 0 Å². The molecule has 1 atom stereocenters. The summed E-state index contributed by atoms with van der Waals surface area (Å²) < 4.78 is 2.09. The molecule has 0 bridgehead atoms. The van der Waals surface area contributed by atoms with Crippen molar-refractivity contribution in [3.63, 3.8) is 0 Å². The molecule has 2 rings (SSSR count). The predicted molar refractivity (Wildman–Crippen MR) is 66.1 cm³/mol. The summed E-state index contributed by atoms with van der Waals surface area (Å²) in [5.41, 5.74) is 1.71. The summed E-state index contributed by atoms with van der Waals surface area (Å²) in [6, 6.07) is 0.649. The van der Waals surface area contributed by atoms with Crippen molar-refractivity contribution in [2.24, 2.45) is 12.5 Å². The fraction of sp³-hybridized carbons (Fsp3) is 0.769. The van der Waals surface area contributed by atoms with Crippen LogP contribution >= 0.6 is 0 Å². The molecule has 0 aromatic carbocycles. The first-order chi connectivity index (χ1) is 7.59. The van der Waals surface area contributed by atoms with Gasteiger partial charge in [-0.25, -0.2) is 4.98 Å². The average Bonchev–Trinajstić information content (AvgIpc) is 2.62. The van der Waals surface area contributed by atoms with Crippen LogP contribution in [0.2, 0.25) is 0 Å². The Balaban J connectivity index is 1.92. The Labute approximate surface area is 98.3 Å². The molecule has 1 N–H and O–H groups in total. The van der Waals surface area contributed by atoms with Gasteiger partial charge in [0.25, 0.3) is 0 Å². The number of hydrogen-bond acceptors (Lipinski definition) is 2. The highest BCUT2D eigenvalue weighted by molar-refractivity contribution is 4.98. The molecule has 1 aliphatic rings. The predicted octanol–water partition coefficient (Wildman–Crippen LogP) is 2.48. The monoisotopic (exact) mass is 221 g/mol. The normalized spacial score (nSPS) is 24.6. The van der Waals surface area contributed by atoms with Gasteiger partial charge in [0.1, 0.15) is 0 Å². The lowest BCUT2D eigenvalue weighted by Gasteiger charge is -2.39. The standard InChI is InChI=1S/C13H23N3/c1-13(2)7-5-4-6-12(13)15-9-11-8-14-10-16(11)3/h8,10,12,15H,4-7,9H2,1-3H3. The minimum absolute atomic E-state index is 0.441. The van der Waals surface area contributed by atoms with E-state index >= 15 is 0 Å². The highest BCUT2D eigenvalue weighted by Crippen LogP contribution is 2.35. The van der Waals surface area contributed by atoms with Gasteiger partial charge in [-0.1, -0.05) is 26.7 Å². The molecular formula is C13H23N3. The zero-order valence-electron chi connectivity index (χ0n) is 10.7. The van der Waals surface area contributed by atoms with Crippen LogP contribution in [0.15, 0.2) is 12.5 Å². The number of rotatable bonds is 3. The summed E-state index contributed by atoms with van der Waals surface area (Å²) in [6.07, 6.45) is 9.22. The Morgan fingerprint density at radius 3 is 2.94 bits per heavy atom. The number of aryl methyl sites for hydroxylation is 1. The molecule has 3 nitrogen and oxygen atoms in total. The lowest BCUT2D eigenvalue weighted by atomic mass is 9.73. The maximum Gasteiger partial charge on any atom is 0.0945 e. The van der Waals surface area contributed by atoms with Crippen molar-refractivity contribution in [2.45, 2.75) is 52.1 Å². The molecule has 0 spiro atoms. The van der Waals surface area contributed by atoms with E-state index in [1.165, 1.54) is 31.4 Å². The van der Waals surface area contributed by atoms with Crippen molar-refractivity contribution >= 4 is 0 Å². The van der Waals surface area contributed by atoms with Gasteiger partial charge >= 0.3 is 0 Å². The van der Waals surface area contributed by atoms with Crippen molar-refractivity contribution < 1.29 is 0 Å². The van der Waals surface area contributed by atoms with Crippen LogP contribution in [0.1, 0.15) is 45.2 Å². The second-order valence-electron chi connectivity index (χ2n) is 5.66. The van der Waals surface area contributed by atoms with Crippen LogP contribution in [-0.4, -0.2) is 15.6 Å². The van der Waals surface area contributed by atoms with E-state index in [0.29, 0.717) is 11.5 Å². The highest BCUT2D eigenvalue weighted by atomic mass is 15.1. The van der Waals surface area contributed by atoms with Crippen molar-refractivity contribution in [1.82, 2.24) is 14.9 Å². The molecule has 16 heavy (non-hydrogen) atoms. The summed E-state index contributed by atoms with van der Waals surface area (Å²) in [7, 11) is 2.05. The first kappa shape index (κ1) is 11.6. The number of imidazole rings is 1. The third-order valence-corrected chi connectivity index (χ3v) is 3.95. The van der Waals surface area contributed by atoms with Crippen molar-refractivity contribution in [2.75, 3.05) is 0 Å². The minimum atomic E-state index is 0.441. The van der Waals surface area contributed by atoms with Crippen LogP contribution in [0, 0.1) is 5.41 Å². The van der Waals surface area contributed by atoms with Crippen LogP contribution in [0.3, 0.4) is 0 Å². The molecule has 1 aromatic heterocycles. The molecular weight excluding hydrogens is 198 g/mol. The molecule has 1 aromatic rings. The maximum absolute atomic E-state index is 4.14. The SMILES string of the molecule is Cn1cncc1CNC1CCCCC1(C)C.